The number of hydrogen-bond acceptors (Lipinski definition) is 3. The molecule has 2 atom stereocenters. The molecule has 166 valence electrons. The molecule has 0 radical (unpaired) electrons. The summed E-state index contributed by atoms with van der Waals surface area (Å²) in [7, 11) is 0. The van der Waals surface area contributed by atoms with Crippen LogP contribution in [-0.4, -0.2) is 12.8 Å². The molecule has 32 heavy (non-hydrogen) atoms. The number of ether oxygens (including phenoxy) is 2. The van der Waals surface area contributed by atoms with Gasteiger partial charge in [0.2, 0.25) is 0 Å². The van der Waals surface area contributed by atoms with Gasteiger partial charge in [0.05, 0.1) is 24.5 Å². The average Bonchev–Trinajstić information content (AvgIpc) is 2.78. The summed E-state index contributed by atoms with van der Waals surface area (Å²) in [6, 6.07) is 24.2. The molecular formula is C26H24F3NO2. The Kier molecular flexibility index (Phi) is 7.77. The van der Waals surface area contributed by atoms with Gasteiger partial charge in [0, 0.05) is 0 Å². The topological polar surface area (TPSA) is 42.2 Å². The minimum atomic E-state index is -4.41. The molecular weight excluding hydrogens is 415 g/mol. The summed E-state index contributed by atoms with van der Waals surface area (Å²) in [4.78, 5) is 0. The first-order valence-corrected chi connectivity index (χ1v) is 10.4. The van der Waals surface area contributed by atoms with E-state index in [9.17, 15) is 18.4 Å². The first-order valence-electron chi connectivity index (χ1n) is 10.4. The minimum Gasteiger partial charge on any atom is -0.494 e. The van der Waals surface area contributed by atoms with Crippen LogP contribution in [0.2, 0.25) is 0 Å². The van der Waals surface area contributed by atoms with Gasteiger partial charge in [0.25, 0.3) is 0 Å². The summed E-state index contributed by atoms with van der Waals surface area (Å²) in [6.07, 6.45) is -4.53. The lowest BCUT2D eigenvalue weighted by atomic mass is 9.87. The van der Waals surface area contributed by atoms with Gasteiger partial charge in [0.1, 0.15) is 17.2 Å². The molecule has 0 saturated carbocycles. The first-order chi connectivity index (χ1) is 15.4. The Bertz CT molecular complexity index is 1030. The molecule has 3 rings (SSSR count). The Balaban J connectivity index is 1.73. The molecule has 0 aliphatic rings. The van der Waals surface area contributed by atoms with Crippen LogP contribution in [0, 0.1) is 11.3 Å². The molecule has 0 amide bonds. The number of benzene rings is 3. The van der Waals surface area contributed by atoms with Crippen molar-refractivity contribution in [2.45, 2.75) is 37.8 Å². The number of halogens is 3. The quantitative estimate of drug-likeness (QED) is 0.344. The van der Waals surface area contributed by atoms with Crippen LogP contribution in [0.3, 0.4) is 0 Å². The number of rotatable bonds is 9. The van der Waals surface area contributed by atoms with Crippen molar-refractivity contribution in [1.82, 2.24) is 0 Å². The zero-order chi connectivity index (χ0) is 23.0. The van der Waals surface area contributed by atoms with Crippen LogP contribution in [-0.2, 0) is 0 Å². The molecule has 0 aromatic heterocycles. The Labute approximate surface area is 186 Å². The van der Waals surface area contributed by atoms with Crippen molar-refractivity contribution < 1.29 is 22.6 Å². The Morgan fingerprint density at radius 3 is 2.12 bits per heavy atom. The molecule has 0 heterocycles. The van der Waals surface area contributed by atoms with Crippen molar-refractivity contribution >= 4 is 0 Å². The molecule has 0 aliphatic carbocycles. The molecule has 2 unspecified atom stereocenters. The number of alkyl halides is 3. The maximum Gasteiger partial charge on any atom is 0.395 e. The second kappa shape index (κ2) is 10.7. The van der Waals surface area contributed by atoms with E-state index in [2.05, 4.69) is 6.07 Å². The van der Waals surface area contributed by atoms with Crippen LogP contribution in [0.4, 0.5) is 13.2 Å². The van der Waals surface area contributed by atoms with Crippen molar-refractivity contribution in [3.63, 3.8) is 0 Å². The van der Waals surface area contributed by atoms with E-state index in [-0.39, 0.29) is 18.4 Å². The summed E-state index contributed by atoms with van der Waals surface area (Å²) in [5, 5.41) is 9.65. The lowest BCUT2D eigenvalue weighted by Crippen LogP contribution is -2.21. The highest BCUT2D eigenvalue weighted by Crippen LogP contribution is 2.40. The van der Waals surface area contributed by atoms with E-state index in [1.54, 1.807) is 48.5 Å². The van der Waals surface area contributed by atoms with Gasteiger partial charge >= 0.3 is 6.18 Å². The normalized spacial score (nSPS) is 13.1. The molecule has 6 heteroatoms. The maximum absolute atomic E-state index is 13.8. The third-order valence-corrected chi connectivity index (χ3v) is 5.13. The molecule has 0 saturated heterocycles. The summed E-state index contributed by atoms with van der Waals surface area (Å²) >= 11 is 0. The standard InChI is InChI=1S/C26H24F3NO2/c1-2-31-22-14-11-19(12-15-22)25(26(27,28)29)16-13-21(18-30)20-7-6-10-24(17-20)32-23-8-4-3-5-9-23/h3-12,14-15,17,21,25H,2,13,16H2,1H3. The van der Waals surface area contributed by atoms with Crippen molar-refractivity contribution in [3.8, 4) is 23.3 Å². The molecule has 0 N–H and O–H groups in total. The van der Waals surface area contributed by atoms with Gasteiger partial charge in [-0.05, 0) is 67.3 Å². The Hall–Kier alpha value is -3.46. The van der Waals surface area contributed by atoms with Gasteiger partial charge in [-0.25, -0.2) is 0 Å². The van der Waals surface area contributed by atoms with E-state index < -0.39 is 18.0 Å². The van der Waals surface area contributed by atoms with E-state index in [4.69, 9.17) is 9.47 Å². The molecule has 0 fully saturated rings. The SMILES string of the molecule is CCOc1ccc(C(CCC(C#N)c2cccc(Oc3ccccc3)c2)C(F)(F)F)cc1. The monoisotopic (exact) mass is 439 g/mol. The molecule has 0 spiro atoms. The number of nitrogens with zero attached hydrogens (tertiary/aromatic N) is 1. The van der Waals surface area contributed by atoms with Crippen LogP contribution in [0.1, 0.15) is 42.7 Å². The molecule has 0 aliphatic heterocycles. The van der Waals surface area contributed by atoms with Crippen molar-refractivity contribution in [2.75, 3.05) is 6.61 Å². The first kappa shape index (κ1) is 23.2. The van der Waals surface area contributed by atoms with Gasteiger partial charge in [-0.2, -0.15) is 18.4 Å². The molecule has 3 nitrogen and oxygen atoms in total. The Morgan fingerprint density at radius 2 is 1.50 bits per heavy atom. The van der Waals surface area contributed by atoms with Gasteiger partial charge in [0.15, 0.2) is 0 Å². The third kappa shape index (κ3) is 6.27. The molecule has 0 bridgehead atoms. The fourth-order valence-corrected chi connectivity index (χ4v) is 3.54. The van der Waals surface area contributed by atoms with Crippen molar-refractivity contribution in [3.05, 3.63) is 90.0 Å². The predicted octanol–water partition coefficient (Wildman–Crippen LogP) is 7.61. The van der Waals surface area contributed by atoms with E-state index >= 15 is 0 Å². The fourth-order valence-electron chi connectivity index (χ4n) is 3.54. The van der Waals surface area contributed by atoms with Crippen LogP contribution in [0.25, 0.3) is 0 Å². The van der Waals surface area contributed by atoms with Gasteiger partial charge in [-0.1, -0.05) is 42.5 Å². The second-order valence-electron chi connectivity index (χ2n) is 7.34. The van der Waals surface area contributed by atoms with E-state index in [1.807, 2.05) is 25.1 Å². The summed E-state index contributed by atoms with van der Waals surface area (Å²) in [5.41, 5.74) is 0.798. The number of nitriles is 1. The smallest absolute Gasteiger partial charge is 0.395 e. The summed E-state index contributed by atoms with van der Waals surface area (Å²) in [6.45, 7) is 2.26. The zero-order valence-corrected chi connectivity index (χ0v) is 17.7. The number of para-hydroxylation sites is 1. The average molecular weight is 439 g/mol. The van der Waals surface area contributed by atoms with E-state index in [0.29, 0.717) is 29.4 Å². The fraction of sp³-hybridized carbons (Fsp3) is 0.269. The predicted molar refractivity (Wildman–Crippen MR) is 117 cm³/mol. The summed E-state index contributed by atoms with van der Waals surface area (Å²) < 4.78 is 52.5. The zero-order valence-electron chi connectivity index (χ0n) is 17.7. The van der Waals surface area contributed by atoms with Crippen molar-refractivity contribution in [2.24, 2.45) is 0 Å². The van der Waals surface area contributed by atoms with Crippen LogP contribution < -0.4 is 9.47 Å². The Morgan fingerprint density at radius 1 is 0.812 bits per heavy atom. The lowest BCUT2D eigenvalue weighted by molar-refractivity contribution is -0.152. The third-order valence-electron chi connectivity index (χ3n) is 5.13. The lowest BCUT2D eigenvalue weighted by Gasteiger charge is -2.22. The van der Waals surface area contributed by atoms with Crippen LogP contribution in [0.5, 0.6) is 17.2 Å². The van der Waals surface area contributed by atoms with Crippen LogP contribution in [0.15, 0.2) is 78.9 Å². The number of hydrogen-bond donors (Lipinski definition) is 0. The highest BCUT2D eigenvalue weighted by molar-refractivity contribution is 5.37. The van der Waals surface area contributed by atoms with Crippen LogP contribution >= 0.6 is 0 Å². The summed E-state index contributed by atoms with van der Waals surface area (Å²) in [5.74, 6) is -0.624. The minimum absolute atomic E-state index is 0.0721. The van der Waals surface area contributed by atoms with E-state index in [0.717, 1.165) is 0 Å². The second-order valence-corrected chi connectivity index (χ2v) is 7.34. The highest BCUT2D eigenvalue weighted by atomic mass is 19.4. The van der Waals surface area contributed by atoms with E-state index in [1.165, 1.54) is 12.1 Å². The molecule has 3 aromatic carbocycles. The van der Waals surface area contributed by atoms with Gasteiger partial charge in [-0.3, -0.25) is 0 Å². The van der Waals surface area contributed by atoms with Gasteiger partial charge in [-0.15, -0.1) is 0 Å². The largest absolute Gasteiger partial charge is 0.494 e. The maximum atomic E-state index is 13.8. The molecule has 3 aromatic rings. The van der Waals surface area contributed by atoms with Crippen molar-refractivity contribution in [1.29, 1.82) is 5.26 Å². The highest BCUT2D eigenvalue weighted by Gasteiger charge is 2.40. The van der Waals surface area contributed by atoms with Gasteiger partial charge < -0.3 is 9.47 Å².